The minimum Gasteiger partial charge on any atom is -0.404 e. The molecule has 0 saturated heterocycles. The lowest BCUT2D eigenvalue weighted by Crippen LogP contribution is -2.36. The van der Waals surface area contributed by atoms with Gasteiger partial charge in [-0.1, -0.05) is 0 Å². The molecule has 5 rings (SSSR count). The van der Waals surface area contributed by atoms with Crippen molar-refractivity contribution in [3.05, 3.63) is 70.2 Å². The second-order valence-corrected chi connectivity index (χ2v) is 7.78. The molecule has 0 amide bonds. The fourth-order valence-corrected chi connectivity index (χ4v) is 4.22. The maximum Gasteiger partial charge on any atom is 0.259 e. The monoisotopic (exact) mass is 416 g/mol. The van der Waals surface area contributed by atoms with Gasteiger partial charge in [0.05, 0.1) is 11.9 Å². The Labute approximate surface area is 179 Å². The quantitative estimate of drug-likeness (QED) is 0.689. The van der Waals surface area contributed by atoms with Crippen molar-refractivity contribution in [1.82, 2.24) is 19.4 Å². The predicted molar refractivity (Wildman–Crippen MR) is 121 cm³/mol. The van der Waals surface area contributed by atoms with Crippen molar-refractivity contribution >= 4 is 23.1 Å². The standard InChI is InChI=1S/C22H24N8O/c1-15-13-30-20(31)4-8-25-22(30)27-21(15)28-10-5-18-16(14-28)11-17(12-26-18)29-9-2-7-24-19(29)3-6-23/h3-4,6,8,11-13H,2,5,7,9-10,14,23H2,1H3/b6-3-. The van der Waals surface area contributed by atoms with Crippen molar-refractivity contribution in [3.63, 3.8) is 0 Å². The normalized spacial score (nSPS) is 16.6. The summed E-state index contributed by atoms with van der Waals surface area (Å²) in [5.74, 6) is 2.13. The molecule has 0 aliphatic carbocycles. The smallest absolute Gasteiger partial charge is 0.259 e. The Morgan fingerprint density at radius 3 is 3.00 bits per heavy atom. The molecule has 0 aromatic carbocycles. The lowest BCUT2D eigenvalue weighted by molar-refractivity contribution is 0.697. The molecule has 9 heteroatoms. The van der Waals surface area contributed by atoms with E-state index < -0.39 is 0 Å². The fourth-order valence-electron chi connectivity index (χ4n) is 4.22. The number of nitrogens with zero attached hydrogens (tertiary/aromatic N) is 7. The van der Waals surface area contributed by atoms with Crippen molar-refractivity contribution in [2.24, 2.45) is 10.7 Å². The van der Waals surface area contributed by atoms with Gasteiger partial charge in [0.2, 0.25) is 5.78 Å². The van der Waals surface area contributed by atoms with Crippen molar-refractivity contribution in [3.8, 4) is 0 Å². The number of hydrogen-bond acceptors (Lipinski definition) is 8. The first-order chi connectivity index (χ1) is 15.1. The van der Waals surface area contributed by atoms with Crippen LogP contribution in [0.3, 0.4) is 0 Å². The molecule has 3 aromatic rings. The number of amidine groups is 1. The Morgan fingerprint density at radius 2 is 2.13 bits per heavy atom. The highest BCUT2D eigenvalue weighted by Gasteiger charge is 2.23. The van der Waals surface area contributed by atoms with E-state index in [1.807, 2.05) is 25.4 Å². The van der Waals surface area contributed by atoms with Crippen molar-refractivity contribution in [1.29, 1.82) is 0 Å². The summed E-state index contributed by atoms with van der Waals surface area (Å²) >= 11 is 0. The van der Waals surface area contributed by atoms with Crippen LogP contribution in [0.15, 0.2) is 52.8 Å². The maximum atomic E-state index is 12.1. The number of pyridine rings is 1. The Kier molecular flexibility index (Phi) is 4.85. The summed E-state index contributed by atoms with van der Waals surface area (Å²) in [5.41, 5.74) is 9.72. The number of aliphatic imine (C=N–C) groups is 1. The summed E-state index contributed by atoms with van der Waals surface area (Å²) in [6.07, 6.45) is 10.4. The third-order valence-electron chi connectivity index (χ3n) is 5.71. The van der Waals surface area contributed by atoms with Crippen molar-refractivity contribution < 1.29 is 0 Å². The highest BCUT2D eigenvalue weighted by Crippen LogP contribution is 2.28. The van der Waals surface area contributed by atoms with Crippen LogP contribution in [0.4, 0.5) is 11.5 Å². The summed E-state index contributed by atoms with van der Waals surface area (Å²) < 4.78 is 1.48. The first kappa shape index (κ1) is 19.2. The van der Waals surface area contributed by atoms with Gasteiger partial charge in [-0.3, -0.25) is 19.2 Å². The van der Waals surface area contributed by atoms with Crippen LogP contribution in [0, 0.1) is 6.92 Å². The topological polar surface area (TPSA) is 105 Å². The number of nitrogens with two attached hydrogens (primary N) is 1. The molecule has 0 bridgehead atoms. The second kappa shape index (κ2) is 7.82. The molecular weight excluding hydrogens is 392 g/mol. The lowest BCUT2D eigenvalue weighted by atomic mass is 10.0. The molecule has 0 spiro atoms. The summed E-state index contributed by atoms with van der Waals surface area (Å²) in [4.78, 5) is 34.8. The molecule has 2 N–H and O–H groups in total. The average Bonchev–Trinajstić information content (AvgIpc) is 2.79. The fraction of sp³-hybridized carbons (Fsp3) is 0.318. The van der Waals surface area contributed by atoms with E-state index in [0.717, 1.165) is 61.1 Å². The highest BCUT2D eigenvalue weighted by molar-refractivity contribution is 6.06. The van der Waals surface area contributed by atoms with Gasteiger partial charge in [0.1, 0.15) is 11.7 Å². The van der Waals surface area contributed by atoms with Crippen LogP contribution >= 0.6 is 0 Å². The van der Waals surface area contributed by atoms with E-state index in [1.54, 1.807) is 0 Å². The predicted octanol–water partition coefficient (Wildman–Crippen LogP) is 1.44. The zero-order valence-electron chi connectivity index (χ0n) is 17.4. The molecule has 0 saturated carbocycles. The molecule has 0 radical (unpaired) electrons. The molecule has 9 nitrogen and oxygen atoms in total. The summed E-state index contributed by atoms with van der Waals surface area (Å²) in [6, 6.07) is 3.63. The van der Waals surface area contributed by atoms with Crippen LogP contribution in [0.5, 0.6) is 0 Å². The molecule has 31 heavy (non-hydrogen) atoms. The summed E-state index contributed by atoms with van der Waals surface area (Å²) in [5, 5.41) is 0. The van der Waals surface area contributed by atoms with E-state index in [4.69, 9.17) is 10.7 Å². The van der Waals surface area contributed by atoms with Gasteiger partial charge in [-0.05, 0) is 37.3 Å². The van der Waals surface area contributed by atoms with Gasteiger partial charge >= 0.3 is 0 Å². The number of hydrogen-bond donors (Lipinski definition) is 1. The van der Waals surface area contributed by atoms with Crippen molar-refractivity contribution in [2.45, 2.75) is 26.3 Å². The molecule has 0 unspecified atom stereocenters. The SMILES string of the molecule is Cc1cn2c(=O)ccnc2nc1N1CCc2ncc(N3CCCN=C3/C=C\N)cc2C1. The number of fused-ring (bicyclic) bond motifs is 2. The van der Waals surface area contributed by atoms with E-state index in [1.165, 1.54) is 28.4 Å². The van der Waals surface area contributed by atoms with E-state index >= 15 is 0 Å². The van der Waals surface area contributed by atoms with Gasteiger partial charge in [0.15, 0.2) is 0 Å². The maximum absolute atomic E-state index is 12.1. The molecule has 2 aliphatic heterocycles. The Bertz CT molecular complexity index is 1260. The first-order valence-electron chi connectivity index (χ1n) is 10.4. The average molecular weight is 416 g/mol. The van der Waals surface area contributed by atoms with E-state index in [0.29, 0.717) is 12.3 Å². The lowest BCUT2D eigenvalue weighted by Gasteiger charge is -2.32. The minimum absolute atomic E-state index is 0.129. The number of aryl methyl sites for hydroxylation is 1. The summed E-state index contributed by atoms with van der Waals surface area (Å²) in [6.45, 7) is 5.18. The van der Waals surface area contributed by atoms with Gasteiger partial charge in [0.25, 0.3) is 5.56 Å². The van der Waals surface area contributed by atoms with Crippen LogP contribution in [0.1, 0.15) is 23.2 Å². The van der Waals surface area contributed by atoms with Crippen molar-refractivity contribution in [2.75, 3.05) is 29.4 Å². The number of anilines is 2. The van der Waals surface area contributed by atoms with E-state index in [-0.39, 0.29) is 5.56 Å². The van der Waals surface area contributed by atoms with Crippen LogP contribution in [-0.2, 0) is 13.0 Å². The summed E-state index contributed by atoms with van der Waals surface area (Å²) in [7, 11) is 0. The van der Waals surface area contributed by atoms with E-state index in [9.17, 15) is 4.79 Å². The van der Waals surface area contributed by atoms with Gasteiger partial charge in [0, 0.05) is 62.3 Å². The minimum atomic E-state index is -0.129. The van der Waals surface area contributed by atoms with Gasteiger partial charge in [-0.2, -0.15) is 4.98 Å². The third kappa shape index (κ3) is 3.52. The Morgan fingerprint density at radius 1 is 1.23 bits per heavy atom. The Balaban J connectivity index is 1.48. The van der Waals surface area contributed by atoms with E-state index in [2.05, 4.69) is 30.8 Å². The zero-order valence-corrected chi connectivity index (χ0v) is 17.4. The molecule has 3 aromatic heterocycles. The highest BCUT2D eigenvalue weighted by atomic mass is 16.1. The molecule has 0 atom stereocenters. The van der Waals surface area contributed by atoms with Crippen LogP contribution in [0.2, 0.25) is 0 Å². The number of aromatic nitrogens is 4. The van der Waals surface area contributed by atoms with Gasteiger partial charge < -0.3 is 15.5 Å². The largest absolute Gasteiger partial charge is 0.404 e. The molecule has 0 fully saturated rings. The first-order valence-corrected chi connectivity index (χ1v) is 10.4. The molecule has 158 valence electrons. The number of rotatable bonds is 3. The van der Waals surface area contributed by atoms with Gasteiger partial charge in [-0.25, -0.2) is 4.98 Å². The third-order valence-corrected chi connectivity index (χ3v) is 5.71. The molecule has 5 heterocycles. The molecule has 2 aliphatic rings. The second-order valence-electron chi connectivity index (χ2n) is 7.78. The van der Waals surface area contributed by atoms with Gasteiger partial charge in [-0.15, -0.1) is 0 Å². The van der Waals surface area contributed by atoms with Crippen LogP contribution in [-0.4, -0.2) is 44.8 Å². The zero-order chi connectivity index (χ0) is 21.4. The Hall–Kier alpha value is -3.75. The molecular formula is C22H24N8O. The van der Waals surface area contributed by atoms with Crippen LogP contribution < -0.4 is 21.1 Å². The van der Waals surface area contributed by atoms with Crippen LogP contribution in [0.25, 0.3) is 5.78 Å².